The molecule has 1 unspecified atom stereocenters. The third kappa shape index (κ3) is 5.82. The number of aliphatic carboxylic acids is 1. The van der Waals surface area contributed by atoms with Crippen molar-refractivity contribution < 1.29 is 19.7 Å². The van der Waals surface area contributed by atoms with Gasteiger partial charge in [0.05, 0.1) is 5.60 Å². The highest BCUT2D eigenvalue weighted by Crippen LogP contribution is 2.08. The topological polar surface area (TPSA) is 55.8 Å². The van der Waals surface area contributed by atoms with E-state index in [-0.39, 0.29) is 0 Å². The van der Waals surface area contributed by atoms with Gasteiger partial charge in [-0.1, -0.05) is 0 Å². The molecule has 66 valence electrons. The minimum Gasteiger partial charge on any atom is -0.479 e. The van der Waals surface area contributed by atoms with Crippen molar-refractivity contribution in [3.05, 3.63) is 0 Å². The summed E-state index contributed by atoms with van der Waals surface area (Å²) in [6.45, 7) is 6.75. The van der Waals surface area contributed by atoms with Gasteiger partial charge in [-0.25, -0.2) is 14.6 Å². The fraction of sp³-hybridized carbons (Fsp3) is 0.857. The maximum atomic E-state index is 10.2. The molecule has 0 aliphatic carbocycles. The Morgan fingerprint density at radius 1 is 1.45 bits per heavy atom. The van der Waals surface area contributed by atoms with Crippen molar-refractivity contribution in [1.29, 1.82) is 0 Å². The van der Waals surface area contributed by atoms with Crippen LogP contribution in [0.4, 0.5) is 0 Å². The summed E-state index contributed by atoms with van der Waals surface area (Å²) in [5.41, 5.74) is -0.469. The van der Waals surface area contributed by atoms with E-state index in [4.69, 9.17) is 9.99 Å². The summed E-state index contributed by atoms with van der Waals surface area (Å²) in [5, 5.41) is 8.37. The highest BCUT2D eigenvalue weighted by molar-refractivity contribution is 5.71. The van der Waals surface area contributed by atoms with Gasteiger partial charge in [0.25, 0.3) is 0 Å². The van der Waals surface area contributed by atoms with Crippen LogP contribution in [0.2, 0.25) is 0 Å². The van der Waals surface area contributed by atoms with Gasteiger partial charge in [0.15, 0.2) is 6.10 Å². The molecule has 0 saturated carbocycles. The molecular weight excluding hydrogens is 148 g/mol. The number of carboxylic acids is 1. The molecule has 0 heterocycles. The smallest absolute Gasteiger partial charge is 0.335 e. The maximum absolute atomic E-state index is 10.2. The summed E-state index contributed by atoms with van der Waals surface area (Å²) in [6.07, 6.45) is -0.922. The van der Waals surface area contributed by atoms with Gasteiger partial charge in [-0.2, -0.15) is 0 Å². The first kappa shape index (κ1) is 10.4. The summed E-state index contributed by atoms with van der Waals surface area (Å²) in [6, 6.07) is 0. The number of carbonyl (C=O) groups is 1. The van der Waals surface area contributed by atoms with Crippen LogP contribution in [0.5, 0.6) is 0 Å². The van der Waals surface area contributed by atoms with Crippen LogP contribution in [-0.4, -0.2) is 22.8 Å². The van der Waals surface area contributed by atoms with Gasteiger partial charge in [-0.3, -0.25) is 0 Å². The Kier molecular flexibility index (Phi) is 3.48. The van der Waals surface area contributed by atoms with Crippen LogP contribution < -0.4 is 0 Å². The predicted molar refractivity (Wildman–Crippen MR) is 39.0 cm³/mol. The van der Waals surface area contributed by atoms with Crippen molar-refractivity contribution in [3.63, 3.8) is 0 Å². The Morgan fingerprint density at radius 2 is 1.91 bits per heavy atom. The van der Waals surface area contributed by atoms with Crippen LogP contribution >= 0.6 is 0 Å². The van der Waals surface area contributed by atoms with Crippen molar-refractivity contribution in [2.45, 2.75) is 39.4 Å². The van der Waals surface area contributed by atoms with Crippen molar-refractivity contribution in [3.8, 4) is 0 Å². The summed E-state index contributed by atoms with van der Waals surface area (Å²) >= 11 is 0. The fourth-order valence-electron chi connectivity index (χ4n) is 0.258. The van der Waals surface area contributed by atoms with Crippen molar-refractivity contribution >= 4 is 5.97 Å². The first-order valence-electron chi connectivity index (χ1n) is 3.40. The Bertz CT molecular complexity index is 136. The average molecular weight is 162 g/mol. The molecule has 0 aliphatic heterocycles. The second-order valence-corrected chi connectivity index (χ2v) is 3.27. The molecule has 1 N–H and O–H groups in total. The first-order valence-corrected chi connectivity index (χ1v) is 3.40. The van der Waals surface area contributed by atoms with Gasteiger partial charge in [0, 0.05) is 0 Å². The Labute approximate surface area is 66.0 Å². The highest BCUT2D eigenvalue weighted by Gasteiger charge is 2.17. The second kappa shape index (κ2) is 3.69. The average Bonchev–Trinajstić information content (AvgIpc) is 1.80. The Balaban J connectivity index is 3.63. The molecule has 0 amide bonds. The second-order valence-electron chi connectivity index (χ2n) is 3.27. The van der Waals surface area contributed by atoms with E-state index in [1.54, 1.807) is 20.8 Å². The molecule has 0 saturated heterocycles. The first-order chi connectivity index (χ1) is 4.83. The molecule has 0 radical (unpaired) electrons. The summed E-state index contributed by atoms with van der Waals surface area (Å²) < 4.78 is 0. The Morgan fingerprint density at radius 3 is 2.18 bits per heavy atom. The van der Waals surface area contributed by atoms with Gasteiger partial charge in [-0.05, 0) is 27.7 Å². The monoisotopic (exact) mass is 162 g/mol. The van der Waals surface area contributed by atoms with Crippen LogP contribution in [-0.2, 0) is 14.6 Å². The molecule has 0 aromatic heterocycles. The molecule has 0 fully saturated rings. The molecule has 0 bridgehead atoms. The standard InChI is InChI=1S/C7H14O4/c1-5(6(8)9)10-11-7(2,3)4/h5H,1-4H3,(H,8,9). The van der Waals surface area contributed by atoms with Gasteiger partial charge in [0.2, 0.25) is 0 Å². The highest BCUT2D eigenvalue weighted by atomic mass is 17.2. The molecule has 0 rings (SSSR count). The number of rotatable bonds is 3. The lowest BCUT2D eigenvalue weighted by Gasteiger charge is -2.18. The molecule has 0 aromatic carbocycles. The van der Waals surface area contributed by atoms with E-state index in [2.05, 4.69) is 4.89 Å². The van der Waals surface area contributed by atoms with Gasteiger partial charge >= 0.3 is 5.97 Å². The van der Waals surface area contributed by atoms with Crippen molar-refractivity contribution in [2.75, 3.05) is 0 Å². The molecule has 11 heavy (non-hydrogen) atoms. The number of carboxylic acid groups (broad SMARTS) is 1. The van der Waals surface area contributed by atoms with Gasteiger partial charge in [-0.15, -0.1) is 0 Å². The van der Waals surface area contributed by atoms with Crippen LogP contribution in [0.15, 0.2) is 0 Å². The SMILES string of the molecule is CC(OOC(C)(C)C)C(=O)O. The van der Waals surface area contributed by atoms with Crippen molar-refractivity contribution in [2.24, 2.45) is 0 Å². The molecular formula is C7H14O4. The lowest BCUT2D eigenvalue weighted by Crippen LogP contribution is -2.27. The third-order valence-corrected chi connectivity index (χ3v) is 0.790. The molecule has 0 aromatic rings. The van der Waals surface area contributed by atoms with E-state index >= 15 is 0 Å². The summed E-state index contributed by atoms with van der Waals surface area (Å²) in [7, 11) is 0. The van der Waals surface area contributed by atoms with E-state index in [0.717, 1.165) is 0 Å². The predicted octanol–water partition coefficient (Wildman–Crippen LogP) is 1.21. The van der Waals surface area contributed by atoms with Crippen LogP contribution in [0.1, 0.15) is 27.7 Å². The molecule has 0 aliphatic rings. The van der Waals surface area contributed by atoms with E-state index in [0.29, 0.717) is 0 Å². The Hall–Kier alpha value is -0.610. The molecule has 1 atom stereocenters. The fourth-order valence-corrected chi connectivity index (χ4v) is 0.258. The van der Waals surface area contributed by atoms with Crippen LogP contribution in [0.25, 0.3) is 0 Å². The normalized spacial score (nSPS) is 14.5. The van der Waals surface area contributed by atoms with E-state index in [1.807, 2.05) is 0 Å². The largest absolute Gasteiger partial charge is 0.479 e. The summed E-state index contributed by atoms with van der Waals surface area (Å²) in [4.78, 5) is 19.6. The van der Waals surface area contributed by atoms with Gasteiger partial charge in [0.1, 0.15) is 0 Å². The van der Waals surface area contributed by atoms with Crippen LogP contribution in [0.3, 0.4) is 0 Å². The molecule has 4 heteroatoms. The quantitative estimate of drug-likeness (QED) is 0.500. The minimum absolute atomic E-state index is 0.469. The van der Waals surface area contributed by atoms with Crippen molar-refractivity contribution in [1.82, 2.24) is 0 Å². The van der Waals surface area contributed by atoms with E-state index < -0.39 is 17.7 Å². The lowest BCUT2D eigenvalue weighted by molar-refractivity contribution is -0.364. The van der Waals surface area contributed by atoms with E-state index in [9.17, 15) is 4.79 Å². The zero-order valence-electron chi connectivity index (χ0n) is 7.25. The minimum atomic E-state index is -1.03. The molecule has 4 nitrogen and oxygen atoms in total. The van der Waals surface area contributed by atoms with Gasteiger partial charge < -0.3 is 5.11 Å². The molecule has 0 spiro atoms. The van der Waals surface area contributed by atoms with E-state index in [1.165, 1.54) is 6.92 Å². The number of hydrogen-bond acceptors (Lipinski definition) is 3. The zero-order valence-corrected chi connectivity index (χ0v) is 7.25. The van der Waals surface area contributed by atoms with Crippen LogP contribution in [0, 0.1) is 0 Å². The third-order valence-electron chi connectivity index (χ3n) is 0.790. The maximum Gasteiger partial charge on any atom is 0.335 e. The summed E-state index contributed by atoms with van der Waals surface area (Å²) in [5.74, 6) is -1.03. The zero-order chi connectivity index (χ0) is 9.07. The lowest BCUT2D eigenvalue weighted by atomic mass is 10.2. The number of hydrogen-bond donors (Lipinski definition) is 1.